The third-order valence-electron chi connectivity index (χ3n) is 15.6. The van der Waals surface area contributed by atoms with Crippen molar-refractivity contribution in [3.05, 3.63) is 286 Å². The highest BCUT2D eigenvalue weighted by atomic mass is 16.5. The van der Waals surface area contributed by atoms with Crippen LogP contribution in [0.3, 0.4) is 0 Å². The van der Waals surface area contributed by atoms with Gasteiger partial charge in [-0.2, -0.15) is 0 Å². The van der Waals surface area contributed by atoms with Crippen molar-refractivity contribution in [2.24, 2.45) is 0 Å². The van der Waals surface area contributed by atoms with Crippen molar-refractivity contribution in [1.82, 2.24) is 19.9 Å². The number of hydrogen-bond acceptors (Lipinski definition) is 10. The summed E-state index contributed by atoms with van der Waals surface area (Å²) in [6.07, 6.45) is 7.97. The molecule has 11 aromatic rings. The smallest absolute Gasteiger partial charge is 0.335 e. The monoisotopic (exact) mass is 1210 g/mol. The maximum absolute atomic E-state index is 11.7. The molecule has 2 aliphatic rings. The first-order chi connectivity index (χ1) is 44.8. The molecule has 0 unspecified atom stereocenters. The number of carboxylic acids is 4. The maximum Gasteiger partial charge on any atom is 0.335 e. The van der Waals surface area contributed by atoms with Crippen LogP contribution in [0.4, 0.5) is 0 Å². The van der Waals surface area contributed by atoms with Gasteiger partial charge in [-0.1, -0.05) is 97.1 Å². The Labute approximate surface area is 525 Å². The molecular weight excluding hydrogens is 1160 g/mol. The van der Waals surface area contributed by atoms with E-state index < -0.39 is 23.9 Å². The molecule has 0 atom stereocenters. The zero-order chi connectivity index (χ0) is 63.2. The number of rotatable bonds is 20. The molecule has 0 saturated heterocycles. The number of benzene rings is 8. The Bertz CT molecular complexity index is 4320. The third-order valence-corrected chi connectivity index (χ3v) is 15.6. The van der Waals surface area contributed by atoms with E-state index >= 15 is 0 Å². The van der Waals surface area contributed by atoms with E-state index in [4.69, 9.17) is 28.9 Å². The summed E-state index contributed by atoms with van der Waals surface area (Å²) in [4.78, 5) is 65.5. The zero-order valence-corrected chi connectivity index (χ0v) is 48.9. The molecule has 0 radical (unpaired) electrons. The zero-order valence-electron chi connectivity index (χ0n) is 48.9. The molecule has 0 fully saturated rings. The highest BCUT2D eigenvalue weighted by molar-refractivity contribution is 6.00. The van der Waals surface area contributed by atoms with Gasteiger partial charge < -0.3 is 49.3 Å². The molecule has 8 bridgehead atoms. The van der Waals surface area contributed by atoms with Crippen molar-refractivity contribution in [3.63, 3.8) is 0 Å². The minimum Gasteiger partial charge on any atom is -0.489 e. The van der Waals surface area contributed by atoms with Crippen LogP contribution in [-0.2, 0) is 26.4 Å². The fraction of sp³-hybridized carbons (Fsp3) is 0.0526. The number of fused-ring (bicyclic) bond motifs is 8. The van der Waals surface area contributed by atoms with E-state index in [0.717, 1.165) is 66.6 Å². The van der Waals surface area contributed by atoms with Crippen LogP contribution in [-0.4, -0.2) is 64.2 Å². The standard InChI is InChI=1S/C76H54N4O12/c81-73(82)53-9-1-5-45(37-53)41-89-57-21-13-49(14-22-57)69-61-29-31-63(77-61)70(50-15-23-58(24-16-50)90-42-46-6-2-10-54(38-46)74(83)84)65-33-35-67(79-65)72(52-19-27-60(28-20-52)92-44-48-8-4-12-56(40-48)76(87)88)68-36-34-66(80-68)71(64-32-30-62(69)78-64)51-17-25-59(26-18-51)91-43-47-7-3-11-55(39-47)75(85)86/h1-40,77,80H,41-44H2,(H,81,82)(H,83,84)(H,85,86)(H,87,88). The molecule has 3 aromatic heterocycles. The predicted molar refractivity (Wildman–Crippen MR) is 352 cm³/mol. The third kappa shape index (κ3) is 12.9. The highest BCUT2D eigenvalue weighted by Gasteiger charge is 2.21. The molecule has 0 spiro atoms. The summed E-state index contributed by atoms with van der Waals surface area (Å²) < 4.78 is 24.8. The van der Waals surface area contributed by atoms with Gasteiger partial charge in [-0.05, 0) is 190 Å². The number of hydrogen-bond donors (Lipinski definition) is 6. The quantitative estimate of drug-likeness (QED) is 0.0416. The average Bonchev–Trinajstić information content (AvgIpc) is 1.66. The molecule has 0 amide bonds. The molecule has 2 aliphatic heterocycles. The van der Waals surface area contributed by atoms with E-state index in [-0.39, 0.29) is 48.7 Å². The second-order valence-corrected chi connectivity index (χ2v) is 21.8. The molecule has 16 nitrogen and oxygen atoms in total. The topological polar surface area (TPSA) is 243 Å². The molecule has 6 N–H and O–H groups in total. The normalized spacial score (nSPS) is 11.5. The van der Waals surface area contributed by atoms with Gasteiger partial charge in [0.05, 0.1) is 45.0 Å². The minimum atomic E-state index is -1.02. The molecule has 0 saturated carbocycles. The fourth-order valence-corrected chi connectivity index (χ4v) is 11.1. The summed E-state index contributed by atoms with van der Waals surface area (Å²) >= 11 is 0. The van der Waals surface area contributed by atoms with Crippen LogP contribution in [0.25, 0.3) is 90.9 Å². The van der Waals surface area contributed by atoms with Gasteiger partial charge in [0.25, 0.3) is 0 Å². The Hall–Kier alpha value is -12.6. The van der Waals surface area contributed by atoms with E-state index in [1.54, 1.807) is 48.5 Å². The number of ether oxygens (including phenoxy) is 4. The van der Waals surface area contributed by atoms with Crippen molar-refractivity contribution < 1.29 is 58.6 Å². The molecule has 92 heavy (non-hydrogen) atoms. The van der Waals surface area contributed by atoms with E-state index in [2.05, 4.69) is 9.97 Å². The first kappa shape index (κ1) is 58.5. The molecule has 16 heteroatoms. The van der Waals surface area contributed by atoms with Crippen LogP contribution < -0.4 is 18.9 Å². The van der Waals surface area contributed by atoms with Crippen LogP contribution in [0.15, 0.2) is 218 Å². The van der Waals surface area contributed by atoms with E-state index in [0.29, 0.717) is 68.0 Å². The number of aromatic amines is 2. The van der Waals surface area contributed by atoms with E-state index in [9.17, 15) is 39.6 Å². The summed E-state index contributed by atoms with van der Waals surface area (Å²) in [5, 5.41) is 38.5. The number of carbonyl (C=O) groups is 4. The molecule has 450 valence electrons. The van der Waals surface area contributed by atoms with Crippen LogP contribution in [0, 0.1) is 0 Å². The van der Waals surface area contributed by atoms with Gasteiger partial charge in [-0.25, -0.2) is 29.1 Å². The number of nitrogens with zero attached hydrogens (tertiary/aromatic N) is 2. The lowest BCUT2D eigenvalue weighted by Gasteiger charge is -2.10. The molecule has 0 aliphatic carbocycles. The van der Waals surface area contributed by atoms with Crippen LogP contribution in [0.5, 0.6) is 23.0 Å². The number of nitrogens with one attached hydrogen (secondary N) is 2. The molecular formula is C76H54N4O12. The van der Waals surface area contributed by atoms with Gasteiger partial charge in [0.1, 0.15) is 49.4 Å². The second kappa shape index (κ2) is 25.6. The van der Waals surface area contributed by atoms with Crippen LogP contribution in [0.2, 0.25) is 0 Å². The van der Waals surface area contributed by atoms with Crippen LogP contribution in [0.1, 0.15) is 86.5 Å². The summed E-state index contributed by atoms with van der Waals surface area (Å²) in [6.45, 7) is 0.597. The lowest BCUT2D eigenvalue weighted by atomic mass is 10.0. The summed E-state index contributed by atoms with van der Waals surface area (Å²) in [6, 6.07) is 65.3. The van der Waals surface area contributed by atoms with E-state index in [1.165, 1.54) is 24.3 Å². The second-order valence-electron chi connectivity index (χ2n) is 21.8. The molecule has 5 heterocycles. The number of H-pyrrole nitrogens is 2. The van der Waals surface area contributed by atoms with Crippen molar-refractivity contribution in [1.29, 1.82) is 0 Å². The van der Waals surface area contributed by atoms with Gasteiger partial charge in [0.2, 0.25) is 0 Å². The molecule has 8 aromatic carbocycles. The van der Waals surface area contributed by atoms with Gasteiger partial charge in [-0.3, -0.25) is 0 Å². The Morgan fingerprint density at radius 1 is 0.293 bits per heavy atom. The average molecular weight is 1220 g/mol. The molecule has 13 rings (SSSR count). The Morgan fingerprint density at radius 3 is 0.717 bits per heavy atom. The summed E-state index contributed by atoms with van der Waals surface area (Å²) in [5.74, 6) is -1.80. The lowest BCUT2D eigenvalue weighted by Crippen LogP contribution is -2.00. The van der Waals surface area contributed by atoms with Crippen molar-refractivity contribution in [2.75, 3.05) is 0 Å². The Balaban J connectivity index is 0.965. The van der Waals surface area contributed by atoms with Crippen LogP contribution >= 0.6 is 0 Å². The number of aromatic carboxylic acids is 4. The number of aromatic nitrogens is 4. The van der Waals surface area contributed by atoms with Crippen molar-refractivity contribution >= 4 is 70.2 Å². The first-order valence-corrected chi connectivity index (χ1v) is 29.2. The first-order valence-electron chi connectivity index (χ1n) is 29.2. The highest BCUT2D eigenvalue weighted by Crippen LogP contribution is 2.40. The van der Waals surface area contributed by atoms with Gasteiger partial charge in [0.15, 0.2) is 0 Å². The van der Waals surface area contributed by atoms with Crippen molar-refractivity contribution in [2.45, 2.75) is 26.4 Å². The Kier molecular flexibility index (Phi) is 16.3. The largest absolute Gasteiger partial charge is 0.489 e. The maximum atomic E-state index is 11.7. The minimum absolute atomic E-state index is 0.149. The number of carboxylic acid groups (broad SMARTS) is 4. The lowest BCUT2D eigenvalue weighted by molar-refractivity contribution is 0.0686. The van der Waals surface area contributed by atoms with Gasteiger partial charge in [0, 0.05) is 44.3 Å². The van der Waals surface area contributed by atoms with Crippen molar-refractivity contribution in [3.8, 4) is 67.5 Å². The summed E-state index contributed by atoms with van der Waals surface area (Å²) in [7, 11) is 0. The fourth-order valence-electron chi connectivity index (χ4n) is 11.1. The van der Waals surface area contributed by atoms with Gasteiger partial charge >= 0.3 is 23.9 Å². The predicted octanol–water partition coefficient (Wildman–Crippen LogP) is 16.4. The van der Waals surface area contributed by atoms with E-state index in [1.807, 2.05) is 170 Å². The van der Waals surface area contributed by atoms with Gasteiger partial charge in [-0.15, -0.1) is 0 Å². The Morgan fingerprint density at radius 2 is 0.511 bits per heavy atom. The summed E-state index contributed by atoms with van der Waals surface area (Å²) in [5.41, 5.74) is 15.5. The SMILES string of the molecule is O=C(O)c1cccc(COc2ccc(-c3c4nc(c(-c5ccc(OCc6cccc(C(=O)O)c6)cc5)c5ccc([nH]5)c(-c5ccc(OCc6cccc(C(=O)O)c6)cc5)c5nc(c(-c6ccc(OCc7cccc(C(=O)O)c7)cc6)c6ccc3[nH]6)C=C5)C=C4)cc2)c1.